The van der Waals surface area contributed by atoms with E-state index in [9.17, 15) is 4.79 Å². The molecule has 0 saturated heterocycles. The lowest BCUT2D eigenvalue weighted by atomic mass is 10.2. The lowest BCUT2D eigenvalue weighted by molar-refractivity contribution is 0.0467. The highest BCUT2D eigenvalue weighted by molar-refractivity contribution is 9.10. The number of nitrogens with two attached hydrogens (primary N) is 1. The van der Waals surface area contributed by atoms with Gasteiger partial charge in [0.05, 0.1) is 11.9 Å². The number of esters is 1. The molecule has 0 atom stereocenters. The third-order valence-corrected chi connectivity index (χ3v) is 2.62. The van der Waals surface area contributed by atoms with E-state index in [0.29, 0.717) is 0 Å². The van der Waals surface area contributed by atoms with Crippen molar-refractivity contribution in [3.05, 3.63) is 46.2 Å². The monoisotopic (exact) mass is 295 g/mol. The van der Waals surface area contributed by atoms with Crippen molar-refractivity contribution in [3.8, 4) is 0 Å². The molecule has 88 valence electrons. The van der Waals surface area contributed by atoms with Crippen LogP contribution >= 0.6 is 15.9 Å². The molecule has 0 spiro atoms. The molecule has 6 heteroatoms. The maximum Gasteiger partial charge on any atom is 0.358 e. The van der Waals surface area contributed by atoms with E-state index >= 15 is 0 Å². The lowest BCUT2D eigenvalue weighted by Gasteiger charge is -2.04. The van der Waals surface area contributed by atoms with Gasteiger partial charge in [-0.1, -0.05) is 28.1 Å². The quantitative estimate of drug-likeness (QED) is 0.850. The highest BCUT2D eigenvalue weighted by Crippen LogP contribution is 2.14. The minimum absolute atomic E-state index is 0.181. The van der Waals surface area contributed by atoms with Gasteiger partial charge in [0.25, 0.3) is 0 Å². The van der Waals surface area contributed by atoms with Crippen molar-refractivity contribution < 1.29 is 9.53 Å². The van der Waals surface area contributed by atoms with Crippen molar-refractivity contribution in [3.63, 3.8) is 0 Å². The zero-order valence-electron chi connectivity index (χ0n) is 8.81. The molecular formula is C11H10BrN3O2. The zero-order valence-corrected chi connectivity index (χ0v) is 10.4. The van der Waals surface area contributed by atoms with Gasteiger partial charge in [0.1, 0.15) is 6.61 Å². The summed E-state index contributed by atoms with van der Waals surface area (Å²) in [5, 5.41) is 6.15. The second-order valence-electron chi connectivity index (χ2n) is 3.41. The predicted molar refractivity (Wildman–Crippen MR) is 66.3 cm³/mol. The van der Waals surface area contributed by atoms with Crippen LogP contribution in [-0.2, 0) is 11.3 Å². The van der Waals surface area contributed by atoms with E-state index in [2.05, 4.69) is 26.1 Å². The molecule has 0 aliphatic heterocycles. The first kappa shape index (κ1) is 11.7. The van der Waals surface area contributed by atoms with Crippen molar-refractivity contribution in [1.82, 2.24) is 10.2 Å². The molecule has 1 heterocycles. The number of nitrogens with one attached hydrogen (secondary N) is 1. The molecule has 0 unspecified atom stereocenters. The number of aromatic amines is 1. The summed E-state index contributed by atoms with van der Waals surface area (Å²) in [5.41, 5.74) is 6.89. The van der Waals surface area contributed by atoms with Crippen molar-refractivity contribution in [1.29, 1.82) is 0 Å². The Morgan fingerprint density at radius 2 is 2.35 bits per heavy atom. The van der Waals surface area contributed by atoms with Gasteiger partial charge in [0.2, 0.25) is 0 Å². The number of nitrogen functional groups attached to an aromatic ring is 1. The Kier molecular flexibility index (Phi) is 3.43. The molecule has 1 aromatic carbocycles. The van der Waals surface area contributed by atoms with Crippen LogP contribution in [-0.4, -0.2) is 16.2 Å². The fourth-order valence-corrected chi connectivity index (χ4v) is 1.75. The Morgan fingerprint density at radius 3 is 3.00 bits per heavy atom. The van der Waals surface area contributed by atoms with Crippen molar-refractivity contribution in [2.75, 3.05) is 5.73 Å². The number of H-pyrrole nitrogens is 1. The maximum atomic E-state index is 11.6. The van der Waals surface area contributed by atoms with Gasteiger partial charge in [-0.05, 0) is 17.7 Å². The fourth-order valence-electron chi connectivity index (χ4n) is 1.31. The highest BCUT2D eigenvalue weighted by Gasteiger charge is 2.13. The maximum absolute atomic E-state index is 11.6. The average molecular weight is 296 g/mol. The molecule has 3 N–H and O–H groups in total. The number of ether oxygens (including phenoxy) is 1. The van der Waals surface area contributed by atoms with Gasteiger partial charge in [0.15, 0.2) is 5.69 Å². The molecule has 0 aliphatic carbocycles. The number of carbonyl (C=O) groups is 1. The van der Waals surface area contributed by atoms with E-state index in [1.165, 1.54) is 6.20 Å². The summed E-state index contributed by atoms with van der Waals surface area (Å²) in [5.74, 6) is -0.514. The number of hydrogen-bond donors (Lipinski definition) is 2. The molecule has 2 aromatic rings. The Bertz CT molecular complexity index is 539. The third kappa shape index (κ3) is 2.85. The van der Waals surface area contributed by atoms with Crippen LogP contribution in [0.25, 0.3) is 0 Å². The van der Waals surface area contributed by atoms with Gasteiger partial charge in [-0.25, -0.2) is 4.79 Å². The molecule has 2 rings (SSSR count). The van der Waals surface area contributed by atoms with Crippen molar-refractivity contribution in [2.45, 2.75) is 6.61 Å². The summed E-state index contributed by atoms with van der Waals surface area (Å²) in [4.78, 5) is 11.6. The Balaban J connectivity index is 1.99. The van der Waals surface area contributed by atoms with E-state index in [4.69, 9.17) is 10.5 Å². The fraction of sp³-hybridized carbons (Fsp3) is 0.0909. The van der Waals surface area contributed by atoms with Crippen LogP contribution in [0.15, 0.2) is 34.9 Å². The van der Waals surface area contributed by atoms with E-state index in [1.807, 2.05) is 24.3 Å². The summed E-state index contributed by atoms with van der Waals surface area (Å²) in [7, 11) is 0. The largest absolute Gasteiger partial charge is 0.456 e. The minimum atomic E-state index is -0.514. The Hall–Kier alpha value is -1.82. The van der Waals surface area contributed by atoms with E-state index < -0.39 is 5.97 Å². The number of hydrogen-bond acceptors (Lipinski definition) is 4. The third-order valence-electron chi connectivity index (χ3n) is 2.13. The average Bonchev–Trinajstić information content (AvgIpc) is 2.72. The molecule has 0 amide bonds. The molecule has 5 nitrogen and oxygen atoms in total. The van der Waals surface area contributed by atoms with Crippen LogP contribution in [0, 0.1) is 0 Å². The summed E-state index contributed by atoms with van der Waals surface area (Å²) < 4.78 is 6.03. The Morgan fingerprint density at radius 1 is 1.53 bits per heavy atom. The molecule has 0 fully saturated rings. The van der Waals surface area contributed by atoms with Crippen LogP contribution in [0.1, 0.15) is 16.1 Å². The molecular weight excluding hydrogens is 286 g/mol. The number of halogens is 1. The summed E-state index contributed by atoms with van der Waals surface area (Å²) >= 11 is 3.34. The molecule has 0 radical (unpaired) electrons. The van der Waals surface area contributed by atoms with E-state index in [1.54, 1.807) is 0 Å². The van der Waals surface area contributed by atoms with Crippen LogP contribution in [0.2, 0.25) is 0 Å². The Labute approximate surface area is 106 Å². The number of benzene rings is 1. The molecule has 0 bridgehead atoms. The number of carbonyl (C=O) groups excluding carboxylic acids is 1. The standard InChI is InChI=1S/C11H10BrN3O2/c12-8-3-1-2-7(4-8)6-17-11(16)10-9(13)5-14-15-10/h1-5H,6,13H2,(H,14,15). The highest BCUT2D eigenvalue weighted by atomic mass is 79.9. The second-order valence-corrected chi connectivity index (χ2v) is 4.32. The predicted octanol–water partition coefficient (Wildman–Crippen LogP) is 2.11. The summed E-state index contributed by atoms with van der Waals surface area (Å²) in [6, 6.07) is 7.52. The van der Waals surface area contributed by atoms with Gasteiger partial charge in [0, 0.05) is 4.47 Å². The number of aromatic nitrogens is 2. The normalized spacial score (nSPS) is 10.2. The van der Waals surface area contributed by atoms with Crippen LogP contribution < -0.4 is 5.73 Å². The van der Waals surface area contributed by atoms with Crippen LogP contribution in [0.4, 0.5) is 5.69 Å². The summed E-state index contributed by atoms with van der Waals surface area (Å²) in [6.07, 6.45) is 1.37. The van der Waals surface area contributed by atoms with Crippen LogP contribution in [0.5, 0.6) is 0 Å². The molecule has 17 heavy (non-hydrogen) atoms. The van der Waals surface area contributed by atoms with Gasteiger partial charge in [-0.3, -0.25) is 5.10 Å². The first-order valence-electron chi connectivity index (χ1n) is 4.87. The van der Waals surface area contributed by atoms with E-state index in [-0.39, 0.29) is 18.0 Å². The SMILES string of the molecule is Nc1cn[nH]c1C(=O)OCc1cccc(Br)c1. The van der Waals surface area contributed by atoms with Crippen molar-refractivity contribution >= 4 is 27.6 Å². The second kappa shape index (κ2) is 5.01. The molecule has 0 saturated carbocycles. The zero-order chi connectivity index (χ0) is 12.3. The number of nitrogens with zero attached hydrogens (tertiary/aromatic N) is 1. The van der Waals surface area contributed by atoms with Gasteiger partial charge < -0.3 is 10.5 Å². The first-order chi connectivity index (χ1) is 8.16. The van der Waals surface area contributed by atoms with Gasteiger partial charge in [-0.2, -0.15) is 5.10 Å². The smallest absolute Gasteiger partial charge is 0.358 e. The van der Waals surface area contributed by atoms with Crippen molar-refractivity contribution in [2.24, 2.45) is 0 Å². The topological polar surface area (TPSA) is 81.0 Å². The number of rotatable bonds is 3. The summed E-state index contributed by atoms with van der Waals surface area (Å²) in [6.45, 7) is 0.191. The molecule has 1 aromatic heterocycles. The van der Waals surface area contributed by atoms with Crippen LogP contribution in [0.3, 0.4) is 0 Å². The lowest BCUT2D eigenvalue weighted by Crippen LogP contribution is -2.08. The number of anilines is 1. The molecule has 0 aliphatic rings. The van der Waals surface area contributed by atoms with E-state index in [0.717, 1.165) is 10.0 Å². The minimum Gasteiger partial charge on any atom is -0.456 e. The first-order valence-corrected chi connectivity index (χ1v) is 5.66. The van der Waals surface area contributed by atoms with Gasteiger partial charge in [-0.15, -0.1) is 0 Å². The van der Waals surface area contributed by atoms with Gasteiger partial charge >= 0.3 is 5.97 Å².